The third-order valence-corrected chi connectivity index (χ3v) is 6.71. The van der Waals surface area contributed by atoms with Crippen molar-refractivity contribution in [3.05, 3.63) is 66.5 Å². The van der Waals surface area contributed by atoms with Crippen LogP contribution in [0, 0.1) is 0 Å². The van der Waals surface area contributed by atoms with Gasteiger partial charge in [0.2, 0.25) is 5.95 Å². The van der Waals surface area contributed by atoms with Crippen molar-refractivity contribution < 1.29 is 15.0 Å². The number of imidazole rings is 1. The Hall–Kier alpha value is -4.18. The highest BCUT2D eigenvalue weighted by atomic mass is 16.4. The van der Waals surface area contributed by atoms with Crippen LogP contribution in [0.25, 0.3) is 22.3 Å². The first kappa shape index (κ1) is 24.5. The normalized spacial score (nSPS) is 15.9. The molecule has 37 heavy (non-hydrogen) atoms. The summed E-state index contributed by atoms with van der Waals surface area (Å²) in [5.41, 5.74) is 4.79. The lowest BCUT2D eigenvalue weighted by Crippen LogP contribution is -2.56. The summed E-state index contributed by atoms with van der Waals surface area (Å²) in [7, 11) is 0. The summed E-state index contributed by atoms with van der Waals surface area (Å²) >= 11 is 0. The van der Waals surface area contributed by atoms with Gasteiger partial charge in [-0.15, -0.1) is 0 Å². The van der Waals surface area contributed by atoms with E-state index in [-0.39, 0.29) is 19.2 Å². The molecule has 1 aliphatic heterocycles. The monoisotopic (exact) mass is 501 g/mol. The fourth-order valence-electron chi connectivity index (χ4n) is 4.61. The van der Waals surface area contributed by atoms with E-state index in [2.05, 4.69) is 60.5 Å². The standard InChI is InChI=1S/C27H31N7O3/c1-18(2)34-17-29-23-24(28-14-19-8-10-21(11-9-19)20-6-4-3-5-7-20)30-26(31-25(23)34)33-13-12-32(27(36)37)15-22(33)16-35/h3-11,17-18,22,35H,12-16H2,1-2H3,(H,36,37)(H,28,30,31)/t22-/m1/s1. The van der Waals surface area contributed by atoms with Gasteiger partial charge >= 0.3 is 6.09 Å². The number of nitrogens with one attached hydrogen (secondary N) is 1. The quantitative estimate of drug-likeness (QED) is 0.349. The minimum atomic E-state index is -0.993. The van der Waals surface area contributed by atoms with Crippen LogP contribution in [0.4, 0.5) is 16.6 Å². The summed E-state index contributed by atoms with van der Waals surface area (Å²) in [4.78, 5) is 28.9. The molecule has 0 unspecified atom stereocenters. The van der Waals surface area contributed by atoms with Crippen LogP contribution in [0.5, 0.6) is 0 Å². The maximum absolute atomic E-state index is 11.5. The first-order valence-electron chi connectivity index (χ1n) is 12.4. The van der Waals surface area contributed by atoms with E-state index in [0.717, 1.165) is 11.1 Å². The molecule has 4 aromatic rings. The largest absolute Gasteiger partial charge is 0.465 e. The maximum atomic E-state index is 11.5. The number of carboxylic acid groups (broad SMARTS) is 1. The molecule has 10 nitrogen and oxygen atoms in total. The summed E-state index contributed by atoms with van der Waals surface area (Å²) in [6, 6.07) is 18.4. The van der Waals surface area contributed by atoms with Crippen molar-refractivity contribution in [1.82, 2.24) is 24.4 Å². The van der Waals surface area contributed by atoms with Gasteiger partial charge in [-0.05, 0) is 30.5 Å². The van der Waals surface area contributed by atoms with Crippen molar-refractivity contribution in [3.8, 4) is 11.1 Å². The van der Waals surface area contributed by atoms with E-state index in [9.17, 15) is 15.0 Å². The zero-order valence-electron chi connectivity index (χ0n) is 20.9. The highest BCUT2D eigenvalue weighted by Crippen LogP contribution is 2.27. The minimum Gasteiger partial charge on any atom is -0.465 e. The van der Waals surface area contributed by atoms with E-state index in [0.29, 0.717) is 42.6 Å². The molecule has 1 fully saturated rings. The predicted octanol–water partition coefficient (Wildman–Crippen LogP) is 3.85. The molecule has 1 atom stereocenters. The zero-order valence-corrected chi connectivity index (χ0v) is 20.9. The van der Waals surface area contributed by atoms with Crippen LogP contribution in [0.2, 0.25) is 0 Å². The lowest BCUT2D eigenvalue weighted by molar-refractivity contribution is 0.124. The highest BCUT2D eigenvalue weighted by Gasteiger charge is 2.31. The number of hydrogen-bond donors (Lipinski definition) is 3. The van der Waals surface area contributed by atoms with E-state index in [1.54, 1.807) is 6.33 Å². The molecule has 192 valence electrons. The van der Waals surface area contributed by atoms with E-state index in [1.165, 1.54) is 10.5 Å². The average molecular weight is 502 g/mol. The maximum Gasteiger partial charge on any atom is 0.407 e. The molecule has 1 amide bonds. The number of fused-ring (bicyclic) bond motifs is 1. The van der Waals surface area contributed by atoms with Crippen LogP contribution in [0.1, 0.15) is 25.5 Å². The third kappa shape index (κ3) is 5.05. The van der Waals surface area contributed by atoms with Gasteiger partial charge in [0.15, 0.2) is 17.0 Å². The molecular weight excluding hydrogens is 470 g/mol. The van der Waals surface area contributed by atoms with E-state index < -0.39 is 12.1 Å². The van der Waals surface area contributed by atoms with Crippen LogP contribution in [-0.4, -0.2) is 73.0 Å². The Morgan fingerprint density at radius 2 is 1.78 bits per heavy atom. The van der Waals surface area contributed by atoms with E-state index in [4.69, 9.17) is 9.97 Å². The zero-order chi connectivity index (χ0) is 25.9. The first-order valence-corrected chi connectivity index (χ1v) is 12.4. The fraction of sp³-hybridized carbons (Fsp3) is 0.333. The molecule has 1 aliphatic rings. The van der Waals surface area contributed by atoms with Gasteiger partial charge < -0.3 is 29.9 Å². The second-order valence-corrected chi connectivity index (χ2v) is 9.46. The van der Waals surface area contributed by atoms with Crippen LogP contribution in [0.15, 0.2) is 60.9 Å². The number of aliphatic hydroxyl groups excluding tert-OH is 1. The van der Waals surface area contributed by atoms with Gasteiger partial charge in [0, 0.05) is 32.2 Å². The number of hydrogen-bond acceptors (Lipinski definition) is 7. The number of aliphatic hydroxyl groups is 1. The Bertz CT molecular complexity index is 1370. The molecule has 0 bridgehead atoms. The topological polar surface area (TPSA) is 120 Å². The smallest absolute Gasteiger partial charge is 0.407 e. The van der Waals surface area contributed by atoms with Crippen molar-refractivity contribution in [2.75, 3.05) is 36.5 Å². The molecule has 2 aromatic carbocycles. The molecule has 3 heterocycles. The van der Waals surface area contributed by atoms with Crippen molar-refractivity contribution in [3.63, 3.8) is 0 Å². The second-order valence-electron chi connectivity index (χ2n) is 9.46. The fourth-order valence-corrected chi connectivity index (χ4v) is 4.61. The van der Waals surface area contributed by atoms with Crippen molar-refractivity contribution in [2.45, 2.75) is 32.5 Å². The minimum absolute atomic E-state index is 0.142. The molecule has 1 saturated heterocycles. The Morgan fingerprint density at radius 3 is 2.46 bits per heavy atom. The lowest BCUT2D eigenvalue weighted by Gasteiger charge is -2.39. The lowest BCUT2D eigenvalue weighted by atomic mass is 10.0. The van der Waals surface area contributed by atoms with Crippen LogP contribution in [0.3, 0.4) is 0 Å². The summed E-state index contributed by atoms with van der Waals surface area (Å²) in [5, 5.41) is 22.8. The number of rotatable bonds is 7. The molecule has 10 heteroatoms. The molecule has 0 aliphatic carbocycles. The summed E-state index contributed by atoms with van der Waals surface area (Å²) in [6.07, 6.45) is 0.771. The molecule has 5 rings (SSSR count). The Balaban J connectivity index is 1.43. The average Bonchev–Trinajstić information content (AvgIpc) is 3.36. The Kier molecular flexibility index (Phi) is 6.91. The van der Waals surface area contributed by atoms with Gasteiger partial charge in [-0.3, -0.25) is 0 Å². The molecule has 0 radical (unpaired) electrons. The van der Waals surface area contributed by atoms with Crippen molar-refractivity contribution in [2.24, 2.45) is 0 Å². The van der Waals surface area contributed by atoms with Crippen LogP contribution in [-0.2, 0) is 6.54 Å². The van der Waals surface area contributed by atoms with Gasteiger partial charge in [0.05, 0.1) is 19.0 Å². The van der Waals surface area contributed by atoms with Gasteiger partial charge in [0.25, 0.3) is 0 Å². The number of carbonyl (C=O) groups is 1. The summed E-state index contributed by atoms with van der Waals surface area (Å²) in [6.45, 7) is 5.36. The molecule has 0 saturated carbocycles. The third-order valence-electron chi connectivity index (χ3n) is 6.71. The summed E-state index contributed by atoms with van der Waals surface area (Å²) in [5.74, 6) is 1.05. The number of amides is 1. The van der Waals surface area contributed by atoms with Crippen LogP contribution < -0.4 is 10.2 Å². The van der Waals surface area contributed by atoms with E-state index >= 15 is 0 Å². The molecule has 2 aromatic heterocycles. The van der Waals surface area contributed by atoms with Gasteiger partial charge in [-0.25, -0.2) is 9.78 Å². The number of benzene rings is 2. The SMILES string of the molecule is CC(C)n1cnc2c(NCc3ccc(-c4ccccc4)cc3)nc(N3CCN(C(=O)O)C[C@@H]3CO)nc21. The van der Waals surface area contributed by atoms with Crippen molar-refractivity contribution >= 4 is 29.0 Å². The number of piperazine rings is 1. The molecular formula is C27H31N7O3. The van der Waals surface area contributed by atoms with Gasteiger partial charge in [0.1, 0.15) is 0 Å². The summed E-state index contributed by atoms with van der Waals surface area (Å²) < 4.78 is 1.99. The Morgan fingerprint density at radius 1 is 1.05 bits per heavy atom. The van der Waals surface area contributed by atoms with Gasteiger partial charge in [-0.2, -0.15) is 9.97 Å². The number of nitrogens with zero attached hydrogens (tertiary/aromatic N) is 6. The predicted molar refractivity (Wildman–Crippen MR) is 143 cm³/mol. The second kappa shape index (κ2) is 10.4. The van der Waals surface area contributed by atoms with Crippen LogP contribution >= 0.6 is 0 Å². The number of anilines is 2. The molecule has 3 N–H and O–H groups in total. The highest BCUT2D eigenvalue weighted by molar-refractivity contribution is 5.84. The molecule has 0 spiro atoms. The van der Waals surface area contributed by atoms with E-state index in [1.807, 2.05) is 27.7 Å². The first-order chi connectivity index (χ1) is 17.9. The van der Waals surface area contributed by atoms with Crippen molar-refractivity contribution in [1.29, 1.82) is 0 Å². The van der Waals surface area contributed by atoms with Gasteiger partial charge in [-0.1, -0.05) is 54.6 Å². The number of aromatic nitrogens is 4. The Labute approximate surface area is 215 Å².